The molecule has 6 nitrogen and oxygen atoms in total. The third-order valence-corrected chi connectivity index (χ3v) is 2.14. The quantitative estimate of drug-likeness (QED) is 0.641. The van der Waals surface area contributed by atoms with E-state index in [9.17, 15) is 0 Å². The van der Waals surface area contributed by atoms with Gasteiger partial charge in [-0.1, -0.05) is 0 Å². The summed E-state index contributed by atoms with van der Waals surface area (Å²) in [6, 6.07) is 5.33. The maximum atomic E-state index is 8.75. The van der Waals surface area contributed by atoms with E-state index in [-0.39, 0.29) is 0 Å². The zero-order valence-electron chi connectivity index (χ0n) is 9.51. The zero-order chi connectivity index (χ0) is 12.3. The Morgan fingerprint density at radius 3 is 2.88 bits per heavy atom. The first-order valence-electron chi connectivity index (χ1n) is 4.98. The average Bonchev–Trinajstić information content (AvgIpc) is 2.74. The Hall–Kier alpha value is -2.55. The number of nitrogens with one attached hydrogen (secondary N) is 1. The van der Waals surface area contributed by atoms with Crippen molar-refractivity contribution in [3.8, 4) is 6.19 Å². The van der Waals surface area contributed by atoms with Crippen LogP contribution in [0.15, 0.2) is 28.9 Å². The van der Waals surface area contributed by atoms with Gasteiger partial charge in [0.15, 0.2) is 12.1 Å². The summed E-state index contributed by atoms with van der Waals surface area (Å²) in [5.74, 6) is 2.52. The van der Waals surface area contributed by atoms with Crippen LogP contribution in [0.1, 0.15) is 5.76 Å². The number of nitriles is 1. The molecule has 1 N–H and O–H groups in total. The fourth-order valence-electron chi connectivity index (χ4n) is 1.28. The lowest BCUT2D eigenvalue weighted by atomic mass is 10.5. The lowest BCUT2D eigenvalue weighted by Gasteiger charge is -2.08. The van der Waals surface area contributed by atoms with Crippen LogP contribution in [0, 0.1) is 18.4 Å². The molecule has 0 bridgehead atoms. The second kappa shape index (κ2) is 4.53. The molecule has 0 amide bonds. The topological polar surface area (TPSA) is 78.0 Å². The van der Waals surface area contributed by atoms with Gasteiger partial charge in [-0.25, -0.2) is 9.97 Å². The Kier molecular flexibility index (Phi) is 2.92. The van der Waals surface area contributed by atoms with Gasteiger partial charge in [0.1, 0.15) is 23.7 Å². The van der Waals surface area contributed by atoms with Crippen LogP contribution in [0.5, 0.6) is 0 Å². The molecule has 2 aromatic rings. The molecule has 0 spiro atoms. The first-order chi connectivity index (χ1) is 8.19. The van der Waals surface area contributed by atoms with Crippen molar-refractivity contribution in [1.82, 2.24) is 9.97 Å². The molecule has 2 rings (SSSR count). The third-order valence-electron chi connectivity index (χ3n) is 2.14. The lowest BCUT2D eigenvalue weighted by molar-refractivity contribution is 0.551. The fourth-order valence-corrected chi connectivity index (χ4v) is 1.28. The van der Waals surface area contributed by atoms with Crippen molar-refractivity contribution in [3.05, 3.63) is 30.3 Å². The largest absolute Gasteiger partial charge is 0.446 e. The van der Waals surface area contributed by atoms with E-state index in [1.54, 1.807) is 13.1 Å². The molecule has 17 heavy (non-hydrogen) atoms. The van der Waals surface area contributed by atoms with Gasteiger partial charge in [0, 0.05) is 19.2 Å². The van der Waals surface area contributed by atoms with Crippen molar-refractivity contribution in [3.63, 3.8) is 0 Å². The highest BCUT2D eigenvalue weighted by atomic mass is 16.4. The van der Waals surface area contributed by atoms with Crippen LogP contribution in [-0.2, 0) is 0 Å². The number of nitrogens with zero attached hydrogens (tertiary/aromatic N) is 4. The zero-order valence-corrected chi connectivity index (χ0v) is 9.51. The summed E-state index contributed by atoms with van der Waals surface area (Å²) in [6.07, 6.45) is 3.36. The first-order valence-corrected chi connectivity index (χ1v) is 4.98. The molecule has 6 heteroatoms. The van der Waals surface area contributed by atoms with Crippen LogP contribution in [0.4, 0.5) is 17.5 Å². The van der Waals surface area contributed by atoms with Gasteiger partial charge in [-0.2, -0.15) is 5.26 Å². The van der Waals surface area contributed by atoms with E-state index in [1.807, 2.05) is 25.2 Å². The van der Waals surface area contributed by atoms with E-state index in [2.05, 4.69) is 15.3 Å². The Labute approximate surface area is 98.5 Å². The predicted octanol–water partition coefficient (Wildman–Crippen LogP) is 2.04. The minimum atomic E-state index is 0.522. The number of aromatic nitrogens is 2. The molecule has 0 aliphatic rings. The molecule has 0 atom stereocenters. The average molecular weight is 229 g/mol. The van der Waals surface area contributed by atoms with Crippen LogP contribution in [0.3, 0.4) is 0 Å². The summed E-state index contributed by atoms with van der Waals surface area (Å²) >= 11 is 0. The first kappa shape index (κ1) is 11.0. The summed E-state index contributed by atoms with van der Waals surface area (Å²) in [7, 11) is 1.63. The van der Waals surface area contributed by atoms with E-state index in [0.717, 1.165) is 5.76 Å². The maximum absolute atomic E-state index is 8.75. The Balaban J connectivity index is 2.20. The molecule has 0 saturated carbocycles. The predicted molar refractivity (Wildman–Crippen MR) is 62.8 cm³/mol. The van der Waals surface area contributed by atoms with E-state index in [0.29, 0.717) is 17.5 Å². The molecule has 86 valence electrons. The summed E-state index contributed by atoms with van der Waals surface area (Å²) in [6.45, 7) is 1.86. The lowest BCUT2D eigenvalue weighted by Crippen LogP contribution is -2.10. The van der Waals surface area contributed by atoms with Gasteiger partial charge in [-0.05, 0) is 13.0 Å². The highest BCUT2D eigenvalue weighted by Crippen LogP contribution is 2.19. The second-order valence-electron chi connectivity index (χ2n) is 3.46. The van der Waals surface area contributed by atoms with Gasteiger partial charge in [-0.15, -0.1) is 0 Å². The van der Waals surface area contributed by atoms with Crippen LogP contribution in [0.2, 0.25) is 0 Å². The third kappa shape index (κ3) is 2.52. The van der Waals surface area contributed by atoms with E-state index >= 15 is 0 Å². The normalized spacial score (nSPS) is 9.71. The van der Waals surface area contributed by atoms with Gasteiger partial charge < -0.3 is 9.73 Å². The molecular formula is C11H11N5O. The molecule has 2 aromatic heterocycles. The maximum Gasteiger partial charge on any atom is 0.198 e. The van der Waals surface area contributed by atoms with Crippen molar-refractivity contribution >= 4 is 17.5 Å². The van der Waals surface area contributed by atoms with Crippen molar-refractivity contribution in [2.75, 3.05) is 17.3 Å². The summed E-state index contributed by atoms with van der Waals surface area (Å²) in [4.78, 5) is 9.37. The van der Waals surface area contributed by atoms with Crippen molar-refractivity contribution < 1.29 is 4.42 Å². The minimum Gasteiger partial charge on any atom is -0.446 e. The number of hydrogen-bond acceptors (Lipinski definition) is 6. The second-order valence-corrected chi connectivity index (χ2v) is 3.46. The van der Waals surface area contributed by atoms with E-state index in [4.69, 9.17) is 9.68 Å². The van der Waals surface area contributed by atoms with Gasteiger partial charge in [-0.3, -0.25) is 4.90 Å². The Bertz CT molecular complexity index is 557. The van der Waals surface area contributed by atoms with E-state index < -0.39 is 0 Å². The molecule has 0 saturated heterocycles. The van der Waals surface area contributed by atoms with Crippen LogP contribution in [-0.4, -0.2) is 17.0 Å². The molecule has 0 aliphatic carbocycles. The van der Waals surface area contributed by atoms with Crippen molar-refractivity contribution in [2.45, 2.75) is 6.92 Å². The number of aryl methyl sites for hydroxylation is 1. The van der Waals surface area contributed by atoms with Crippen molar-refractivity contribution in [1.29, 1.82) is 5.26 Å². The number of anilines is 3. The summed E-state index contributed by atoms with van der Waals surface area (Å²) < 4.78 is 5.36. The Morgan fingerprint density at radius 2 is 2.24 bits per heavy atom. The Morgan fingerprint density at radius 1 is 1.41 bits per heavy atom. The molecule has 0 fully saturated rings. The van der Waals surface area contributed by atoms with Crippen LogP contribution in [0.25, 0.3) is 0 Å². The molecule has 2 heterocycles. The monoisotopic (exact) mass is 229 g/mol. The van der Waals surface area contributed by atoms with Gasteiger partial charge >= 0.3 is 0 Å². The molecule has 0 radical (unpaired) electrons. The number of hydrogen-bond donors (Lipinski definition) is 1. The number of furan rings is 1. The molecule has 0 aliphatic heterocycles. The fraction of sp³-hybridized carbons (Fsp3) is 0.182. The van der Waals surface area contributed by atoms with Gasteiger partial charge in [0.2, 0.25) is 0 Å². The smallest absolute Gasteiger partial charge is 0.198 e. The van der Waals surface area contributed by atoms with Crippen LogP contribution >= 0.6 is 0 Å². The van der Waals surface area contributed by atoms with Crippen LogP contribution < -0.4 is 10.2 Å². The minimum absolute atomic E-state index is 0.522. The summed E-state index contributed by atoms with van der Waals surface area (Å²) in [5.41, 5.74) is 0. The molecular weight excluding hydrogens is 218 g/mol. The highest BCUT2D eigenvalue weighted by Gasteiger charge is 2.05. The van der Waals surface area contributed by atoms with Crippen molar-refractivity contribution in [2.24, 2.45) is 0 Å². The van der Waals surface area contributed by atoms with Gasteiger partial charge in [0.25, 0.3) is 0 Å². The highest BCUT2D eigenvalue weighted by molar-refractivity contribution is 5.56. The molecule has 0 unspecified atom stereocenters. The molecule has 0 aromatic carbocycles. The van der Waals surface area contributed by atoms with E-state index in [1.165, 1.54) is 11.2 Å². The summed E-state index contributed by atoms with van der Waals surface area (Å²) in [5, 5.41) is 11.7. The van der Waals surface area contributed by atoms with Gasteiger partial charge in [0.05, 0.1) is 0 Å². The SMILES string of the molecule is Cc1ccc(Nc2cc(N(C)C#N)ncn2)o1. The standard InChI is InChI=1S/C11H11N5O/c1-8-3-4-11(17-8)15-9-5-10(14-7-13-9)16(2)6-12/h3-5,7H,1-2H3,(H,13,14,15). The number of rotatable bonds is 3.